The van der Waals surface area contributed by atoms with Crippen molar-refractivity contribution in [2.75, 3.05) is 0 Å². The Hall–Kier alpha value is -2.86. The van der Waals surface area contributed by atoms with Crippen LogP contribution in [-0.2, 0) is 4.79 Å². The number of aliphatic carboxylic acids is 1. The van der Waals surface area contributed by atoms with E-state index in [1.807, 2.05) is 22.8 Å². The van der Waals surface area contributed by atoms with E-state index in [9.17, 15) is 9.90 Å². The van der Waals surface area contributed by atoms with Gasteiger partial charge in [-0.25, -0.2) is 9.97 Å². The van der Waals surface area contributed by atoms with Gasteiger partial charge in [0.15, 0.2) is 10.8 Å². The van der Waals surface area contributed by atoms with Gasteiger partial charge in [-0.1, -0.05) is 42.1 Å². The van der Waals surface area contributed by atoms with E-state index in [-0.39, 0.29) is 0 Å². The van der Waals surface area contributed by atoms with Gasteiger partial charge >= 0.3 is 5.97 Å². The third-order valence-corrected chi connectivity index (χ3v) is 6.26. The molecule has 0 spiro atoms. The van der Waals surface area contributed by atoms with Crippen LogP contribution in [0.15, 0.2) is 59.9 Å². The minimum Gasteiger partial charge on any atom is -0.480 e. The van der Waals surface area contributed by atoms with Crippen LogP contribution in [0, 0.1) is 0 Å². The second-order valence-electron chi connectivity index (χ2n) is 7.17. The summed E-state index contributed by atoms with van der Waals surface area (Å²) in [6.45, 7) is 1.68. The summed E-state index contributed by atoms with van der Waals surface area (Å²) in [5, 5.41) is 11.8. The van der Waals surface area contributed by atoms with Crippen LogP contribution >= 0.6 is 11.8 Å². The Kier molecular flexibility index (Phi) is 4.09. The zero-order valence-electron chi connectivity index (χ0n) is 15.4. The number of benzene rings is 2. The molecule has 0 bridgehead atoms. The highest BCUT2D eigenvalue weighted by atomic mass is 32.2. The van der Waals surface area contributed by atoms with E-state index < -0.39 is 11.2 Å². The first-order valence-electron chi connectivity index (χ1n) is 9.38. The van der Waals surface area contributed by atoms with Gasteiger partial charge in [-0.3, -0.25) is 9.36 Å². The molecule has 4 aromatic rings. The molecule has 2 aromatic carbocycles. The van der Waals surface area contributed by atoms with Gasteiger partial charge in [-0.05, 0) is 54.8 Å². The Bertz CT molecular complexity index is 1210. The van der Waals surface area contributed by atoms with Gasteiger partial charge in [0.05, 0.1) is 11.2 Å². The molecule has 2 heterocycles. The maximum atomic E-state index is 11.4. The van der Waals surface area contributed by atoms with Crippen LogP contribution in [0.3, 0.4) is 0 Å². The molecule has 1 unspecified atom stereocenters. The second kappa shape index (κ2) is 6.63. The highest BCUT2D eigenvalue weighted by Gasteiger charge is 2.27. The lowest BCUT2D eigenvalue weighted by Crippen LogP contribution is -2.12. The minimum absolute atomic E-state index is 0.604. The normalized spacial score (nSPS) is 15.2. The molecule has 1 N–H and O–H groups in total. The quantitative estimate of drug-likeness (QED) is 0.486. The van der Waals surface area contributed by atoms with Crippen molar-refractivity contribution in [3.8, 4) is 5.69 Å². The largest absolute Gasteiger partial charge is 0.480 e. The fourth-order valence-electron chi connectivity index (χ4n) is 3.66. The molecule has 1 aliphatic rings. The maximum Gasteiger partial charge on any atom is 0.316 e. The van der Waals surface area contributed by atoms with E-state index in [0.717, 1.165) is 16.6 Å². The third kappa shape index (κ3) is 2.85. The summed E-state index contributed by atoms with van der Waals surface area (Å²) in [7, 11) is 0. The number of nitrogens with zero attached hydrogens (tertiary/aromatic N) is 3. The number of imidazole rings is 1. The first kappa shape index (κ1) is 17.3. The Morgan fingerprint density at radius 1 is 1.14 bits per heavy atom. The minimum atomic E-state index is -0.856. The number of aromatic nitrogens is 3. The monoisotopic (exact) mass is 389 g/mol. The fourth-order valence-corrected chi connectivity index (χ4v) is 4.52. The first-order chi connectivity index (χ1) is 13.6. The summed E-state index contributed by atoms with van der Waals surface area (Å²) in [6, 6.07) is 16.7. The number of hydrogen-bond acceptors (Lipinski definition) is 4. The molecule has 28 heavy (non-hydrogen) atoms. The average Bonchev–Trinajstić information content (AvgIpc) is 3.48. The van der Waals surface area contributed by atoms with Crippen LogP contribution < -0.4 is 0 Å². The topological polar surface area (TPSA) is 68.0 Å². The highest BCUT2D eigenvalue weighted by molar-refractivity contribution is 8.00. The van der Waals surface area contributed by atoms with Crippen molar-refractivity contribution in [1.82, 2.24) is 14.5 Å². The molecule has 1 fully saturated rings. The molecule has 5 nitrogen and oxygen atoms in total. The number of rotatable bonds is 5. The van der Waals surface area contributed by atoms with Crippen LogP contribution in [0.1, 0.15) is 31.2 Å². The molecule has 140 valence electrons. The first-order valence-corrected chi connectivity index (χ1v) is 10.3. The Labute approximate surface area is 166 Å². The predicted octanol–water partition coefficient (Wildman–Crippen LogP) is 5.02. The standard InChI is InChI=1S/C22H19N3O2S/c1-13(21(26)27)28-22-24-20-19(7-4-12-23-20)25(22)18-11-10-15(14-8-9-14)16-5-2-3-6-17(16)18/h2-7,10-14H,8-9H2,1H3,(H,26,27). The van der Waals surface area contributed by atoms with Crippen molar-refractivity contribution >= 4 is 39.7 Å². The van der Waals surface area contributed by atoms with Gasteiger partial charge in [0.2, 0.25) is 0 Å². The molecular weight excluding hydrogens is 370 g/mol. The average molecular weight is 389 g/mol. The van der Waals surface area contributed by atoms with Crippen molar-refractivity contribution in [2.45, 2.75) is 36.1 Å². The lowest BCUT2D eigenvalue weighted by molar-refractivity contribution is -0.136. The summed E-state index contributed by atoms with van der Waals surface area (Å²) in [6.07, 6.45) is 4.21. The van der Waals surface area contributed by atoms with Crippen molar-refractivity contribution in [2.24, 2.45) is 0 Å². The molecule has 6 heteroatoms. The number of carbonyl (C=O) groups is 1. The molecule has 2 aromatic heterocycles. The summed E-state index contributed by atoms with van der Waals surface area (Å²) < 4.78 is 2.05. The van der Waals surface area contributed by atoms with Crippen LogP contribution in [0.4, 0.5) is 0 Å². The van der Waals surface area contributed by atoms with Gasteiger partial charge in [-0.15, -0.1) is 0 Å². The van der Waals surface area contributed by atoms with Crippen LogP contribution in [0.25, 0.3) is 27.6 Å². The van der Waals surface area contributed by atoms with E-state index in [2.05, 4.69) is 40.3 Å². The molecule has 0 amide bonds. The Balaban J connectivity index is 1.77. The van der Waals surface area contributed by atoms with Gasteiger partial charge in [0, 0.05) is 11.6 Å². The molecule has 0 saturated heterocycles. The van der Waals surface area contributed by atoms with Gasteiger partial charge in [0.25, 0.3) is 0 Å². The van der Waals surface area contributed by atoms with Crippen LogP contribution in [0.5, 0.6) is 0 Å². The van der Waals surface area contributed by atoms with Crippen molar-refractivity contribution in [1.29, 1.82) is 0 Å². The molecule has 0 radical (unpaired) electrons. The summed E-state index contributed by atoms with van der Waals surface area (Å²) in [4.78, 5) is 20.5. The number of carboxylic acid groups (broad SMARTS) is 1. The molecular formula is C22H19N3O2S. The summed E-state index contributed by atoms with van der Waals surface area (Å²) in [5.74, 6) is -0.202. The third-order valence-electron chi connectivity index (χ3n) is 5.22. The number of carboxylic acids is 1. The van der Waals surface area contributed by atoms with Crippen molar-refractivity contribution in [3.05, 3.63) is 60.3 Å². The van der Waals surface area contributed by atoms with Crippen molar-refractivity contribution in [3.63, 3.8) is 0 Å². The SMILES string of the molecule is CC(Sc1nc2ncccc2n1-c1ccc(C2CC2)c2ccccc12)C(=O)O. The Morgan fingerprint density at radius 3 is 2.68 bits per heavy atom. The summed E-state index contributed by atoms with van der Waals surface area (Å²) >= 11 is 1.24. The smallest absolute Gasteiger partial charge is 0.316 e. The number of hydrogen-bond donors (Lipinski definition) is 1. The lowest BCUT2D eigenvalue weighted by Gasteiger charge is -2.15. The Morgan fingerprint density at radius 2 is 1.93 bits per heavy atom. The van der Waals surface area contributed by atoms with E-state index >= 15 is 0 Å². The fraction of sp³-hybridized carbons (Fsp3) is 0.227. The maximum absolute atomic E-state index is 11.4. The van der Waals surface area contributed by atoms with Gasteiger partial charge in [-0.2, -0.15) is 0 Å². The number of pyridine rings is 1. The van der Waals surface area contributed by atoms with E-state index in [4.69, 9.17) is 0 Å². The van der Waals surface area contributed by atoms with E-state index in [1.54, 1.807) is 13.1 Å². The van der Waals surface area contributed by atoms with E-state index in [0.29, 0.717) is 16.7 Å². The molecule has 0 aliphatic heterocycles. The predicted molar refractivity (Wildman–Crippen MR) is 111 cm³/mol. The molecule has 1 aliphatic carbocycles. The molecule has 1 atom stereocenters. The zero-order chi connectivity index (χ0) is 19.3. The molecule has 1 saturated carbocycles. The highest BCUT2D eigenvalue weighted by Crippen LogP contribution is 2.44. The van der Waals surface area contributed by atoms with Gasteiger partial charge < -0.3 is 5.11 Å². The number of fused-ring (bicyclic) bond motifs is 2. The molecule has 5 rings (SSSR count). The van der Waals surface area contributed by atoms with E-state index in [1.165, 1.54) is 35.6 Å². The number of thioether (sulfide) groups is 1. The van der Waals surface area contributed by atoms with Gasteiger partial charge in [0.1, 0.15) is 5.25 Å². The second-order valence-corrected chi connectivity index (χ2v) is 8.48. The van der Waals surface area contributed by atoms with Crippen LogP contribution in [0.2, 0.25) is 0 Å². The zero-order valence-corrected chi connectivity index (χ0v) is 16.2. The lowest BCUT2D eigenvalue weighted by atomic mass is 9.99. The van der Waals surface area contributed by atoms with Crippen molar-refractivity contribution < 1.29 is 9.90 Å². The summed E-state index contributed by atoms with van der Waals surface area (Å²) in [5.41, 5.74) is 3.91. The van der Waals surface area contributed by atoms with Crippen LogP contribution in [-0.4, -0.2) is 30.9 Å².